The maximum absolute atomic E-state index is 12.8. The quantitative estimate of drug-likeness (QED) is 0.792. The lowest BCUT2D eigenvalue weighted by Gasteiger charge is -2.31. The second-order valence-corrected chi connectivity index (χ2v) is 8.77. The highest BCUT2D eigenvalue weighted by Gasteiger charge is 2.32. The minimum absolute atomic E-state index is 0.0470. The molecule has 6 nitrogen and oxygen atoms in total. The highest BCUT2D eigenvalue weighted by molar-refractivity contribution is 7.11. The smallest absolute Gasteiger partial charge is 0.408 e. The first-order valence-electron chi connectivity index (χ1n) is 9.21. The highest BCUT2D eigenvalue weighted by atomic mass is 32.1. The number of carbonyl (C=O) groups excluding carboxylic acids is 2. The van der Waals surface area contributed by atoms with E-state index in [-0.39, 0.29) is 11.8 Å². The van der Waals surface area contributed by atoms with Gasteiger partial charge in [-0.15, -0.1) is 11.3 Å². The van der Waals surface area contributed by atoms with E-state index in [2.05, 4.69) is 23.6 Å². The molecule has 2 heterocycles. The van der Waals surface area contributed by atoms with E-state index in [1.165, 1.54) is 4.88 Å². The molecule has 1 unspecified atom stereocenters. The van der Waals surface area contributed by atoms with E-state index in [1.54, 1.807) is 32.1 Å². The second-order valence-electron chi connectivity index (χ2n) is 7.51. The number of nitrogens with one attached hydrogen (secondary N) is 2. The van der Waals surface area contributed by atoms with Gasteiger partial charge in [0.05, 0.1) is 6.54 Å². The molecule has 1 aliphatic rings. The zero-order valence-corrected chi connectivity index (χ0v) is 16.9. The molecule has 1 aliphatic heterocycles. The monoisotopic (exact) mass is 382 g/mol. The highest BCUT2D eigenvalue weighted by Crippen LogP contribution is 2.21. The molecule has 2 amide bonds. The lowest BCUT2D eigenvalue weighted by atomic mass is 9.91. The van der Waals surface area contributed by atoms with Crippen LogP contribution in [0.3, 0.4) is 0 Å². The first-order chi connectivity index (χ1) is 12.3. The summed E-state index contributed by atoms with van der Waals surface area (Å²) < 4.78 is 10.7. The van der Waals surface area contributed by atoms with E-state index in [9.17, 15) is 9.59 Å². The number of hydrogen-bond acceptors (Lipinski definition) is 5. The van der Waals surface area contributed by atoms with Crippen LogP contribution >= 0.6 is 11.3 Å². The molecule has 0 spiro atoms. The minimum atomic E-state index is -0.612. The van der Waals surface area contributed by atoms with Crippen molar-refractivity contribution in [3.63, 3.8) is 0 Å². The van der Waals surface area contributed by atoms with Crippen molar-refractivity contribution in [2.75, 3.05) is 13.2 Å². The molecule has 0 radical (unpaired) electrons. The molecule has 1 atom stereocenters. The number of thiophene rings is 1. The van der Waals surface area contributed by atoms with E-state index < -0.39 is 17.7 Å². The van der Waals surface area contributed by atoms with Gasteiger partial charge < -0.3 is 20.1 Å². The maximum atomic E-state index is 12.8. The number of amides is 2. The molecule has 26 heavy (non-hydrogen) atoms. The van der Waals surface area contributed by atoms with Crippen LogP contribution in [0.4, 0.5) is 4.79 Å². The van der Waals surface area contributed by atoms with Crippen LogP contribution in [0.2, 0.25) is 0 Å². The van der Waals surface area contributed by atoms with Gasteiger partial charge in [0, 0.05) is 23.0 Å². The first-order valence-corrected chi connectivity index (χ1v) is 10.0. The third kappa shape index (κ3) is 6.61. The summed E-state index contributed by atoms with van der Waals surface area (Å²) in [6.07, 6.45) is 1.91. The molecule has 7 heteroatoms. The molecule has 0 saturated carbocycles. The van der Waals surface area contributed by atoms with Gasteiger partial charge >= 0.3 is 6.09 Å². The minimum Gasteiger partial charge on any atom is -0.444 e. The fraction of sp³-hybridized carbons (Fsp3) is 0.684. The summed E-state index contributed by atoms with van der Waals surface area (Å²) in [5, 5.41) is 5.73. The van der Waals surface area contributed by atoms with Crippen LogP contribution in [0.5, 0.6) is 0 Å². The fourth-order valence-electron chi connectivity index (χ4n) is 2.87. The topological polar surface area (TPSA) is 76.7 Å². The molecule has 2 N–H and O–H groups in total. The van der Waals surface area contributed by atoms with Crippen molar-refractivity contribution >= 4 is 23.3 Å². The van der Waals surface area contributed by atoms with Crippen LogP contribution < -0.4 is 10.6 Å². The Kier molecular flexibility index (Phi) is 7.46. The third-order valence-corrected chi connectivity index (χ3v) is 5.42. The van der Waals surface area contributed by atoms with Crippen molar-refractivity contribution < 1.29 is 19.1 Å². The fourth-order valence-corrected chi connectivity index (χ4v) is 3.77. The van der Waals surface area contributed by atoms with Crippen molar-refractivity contribution in [1.29, 1.82) is 0 Å². The lowest BCUT2D eigenvalue weighted by Crippen LogP contribution is -2.52. The Hall–Kier alpha value is -1.60. The molecule has 0 aromatic carbocycles. The second kappa shape index (κ2) is 9.37. The Morgan fingerprint density at radius 2 is 1.92 bits per heavy atom. The Morgan fingerprint density at radius 3 is 2.50 bits per heavy atom. The van der Waals surface area contributed by atoms with Gasteiger partial charge in [-0.1, -0.05) is 6.92 Å². The van der Waals surface area contributed by atoms with Crippen LogP contribution in [0.1, 0.15) is 50.3 Å². The average Bonchev–Trinajstić information content (AvgIpc) is 3.05. The van der Waals surface area contributed by atoms with E-state index in [0.717, 1.165) is 24.1 Å². The number of hydrogen-bond donors (Lipinski definition) is 2. The summed E-state index contributed by atoms with van der Waals surface area (Å²) in [5.41, 5.74) is -0.603. The zero-order valence-electron chi connectivity index (χ0n) is 16.1. The maximum Gasteiger partial charge on any atom is 0.408 e. The Bertz CT molecular complexity index is 603. The normalized spacial score (nSPS) is 16.8. The number of rotatable bonds is 6. The van der Waals surface area contributed by atoms with Crippen LogP contribution in [0.25, 0.3) is 0 Å². The van der Waals surface area contributed by atoms with Crippen molar-refractivity contribution in [1.82, 2.24) is 10.6 Å². The van der Waals surface area contributed by atoms with E-state index >= 15 is 0 Å². The van der Waals surface area contributed by atoms with Gasteiger partial charge in [0.2, 0.25) is 5.91 Å². The van der Waals surface area contributed by atoms with Crippen LogP contribution in [0, 0.1) is 5.92 Å². The molecule has 146 valence electrons. The molecule has 0 aliphatic carbocycles. The van der Waals surface area contributed by atoms with Crippen molar-refractivity contribution in [2.45, 2.75) is 65.1 Å². The molecular formula is C19H30N2O4S. The summed E-state index contributed by atoms with van der Waals surface area (Å²) in [4.78, 5) is 27.4. The van der Waals surface area contributed by atoms with Gasteiger partial charge in [-0.05, 0) is 58.1 Å². The number of alkyl carbamates (subject to hydrolysis) is 1. The number of carbonyl (C=O) groups is 2. The molecule has 1 aromatic heterocycles. The predicted octanol–water partition coefficient (Wildman–Crippen LogP) is 3.25. The molecule has 2 rings (SSSR count). The average molecular weight is 383 g/mol. The van der Waals surface area contributed by atoms with Crippen LogP contribution in [0.15, 0.2) is 12.1 Å². The Morgan fingerprint density at radius 1 is 1.27 bits per heavy atom. The molecule has 1 saturated heterocycles. The van der Waals surface area contributed by atoms with Gasteiger partial charge in [0.15, 0.2) is 0 Å². The molecule has 1 aromatic rings. The molecule has 1 fully saturated rings. The summed E-state index contributed by atoms with van der Waals surface area (Å²) in [6, 6.07) is 3.51. The van der Waals surface area contributed by atoms with Gasteiger partial charge in [0.1, 0.15) is 11.6 Å². The summed E-state index contributed by atoms with van der Waals surface area (Å²) in [5.74, 6) is -0.125. The zero-order chi connectivity index (χ0) is 19.2. The van der Waals surface area contributed by atoms with Crippen molar-refractivity contribution in [3.8, 4) is 0 Å². The van der Waals surface area contributed by atoms with E-state index in [0.29, 0.717) is 19.8 Å². The number of ether oxygens (including phenoxy) is 2. The van der Waals surface area contributed by atoms with Crippen molar-refractivity contribution in [2.24, 2.45) is 5.92 Å². The van der Waals surface area contributed by atoms with Gasteiger partial charge in [-0.3, -0.25) is 4.79 Å². The van der Waals surface area contributed by atoms with Crippen LogP contribution in [-0.2, 0) is 27.2 Å². The van der Waals surface area contributed by atoms with Crippen LogP contribution in [-0.4, -0.2) is 36.9 Å². The summed E-state index contributed by atoms with van der Waals surface area (Å²) in [6.45, 7) is 9.21. The number of aryl methyl sites for hydroxylation is 1. The van der Waals surface area contributed by atoms with E-state index in [4.69, 9.17) is 9.47 Å². The molecule has 0 bridgehead atoms. The third-order valence-electron chi connectivity index (χ3n) is 4.19. The molecular weight excluding hydrogens is 352 g/mol. The Balaban J connectivity index is 1.99. The van der Waals surface area contributed by atoms with Gasteiger partial charge in [0.25, 0.3) is 0 Å². The summed E-state index contributed by atoms with van der Waals surface area (Å²) >= 11 is 1.70. The van der Waals surface area contributed by atoms with Gasteiger partial charge in [-0.25, -0.2) is 4.79 Å². The largest absolute Gasteiger partial charge is 0.444 e. The first kappa shape index (κ1) is 20.7. The predicted molar refractivity (Wildman–Crippen MR) is 102 cm³/mol. The standard InChI is InChI=1S/C19H30N2O4S/c1-5-14-6-7-15(26-14)12-20-17(22)16(13-8-10-24-11-9-13)21-18(23)25-19(2,3)4/h6-7,13,16H,5,8-12H2,1-4H3,(H,20,22)(H,21,23). The SMILES string of the molecule is CCc1ccc(CNC(=O)C(NC(=O)OC(C)(C)C)C2CCOCC2)s1. The van der Waals surface area contributed by atoms with Gasteiger partial charge in [-0.2, -0.15) is 0 Å². The van der Waals surface area contributed by atoms with Crippen molar-refractivity contribution in [3.05, 3.63) is 21.9 Å². The van der Waals surface area contributed by atoms with E-state index in [1.807, 2.05) is 6.07 Å². The Labute approximate surface area is 159 Å². The lowest BCUT2D eigenvalue weighted by molar-refractivity contribution is -0.125. The summed E-state index contributed by atoms with van der Waals surface area (Å²) in [7, 11) is 0.